The number of H-pyrrole nitrogens is 1. The van der Waals surface area contributed by atoms with Crippen LogP contribution in [-0.2, 0) is 7.05 Å². The topological polar surface area (TPSA) is 84.4 Å². The molecule has 0 bridgehead atoms. The Morgan fingerprint density at radius 2 is 2.07 bits per heavy atom. The van der Waals surface area contributed by atoms with Crippen LogP contribution in [0.4, 0.5) is 5.69 Å². The summed E-state index contributed by atoms with van der Waals surface area (Å²) in [7, 11) is 1.96. The first kappa shape index (κ1) is 18.6. The number of ether oxygens (including phenoxy) is 2. The molecule has 2 aromatic heterocycles. The predicted octanol–water partition coefficient (Wildman–Crippen LogP) is 2.90. The number of hydrogen-bond donors (Lipinski definition) is 2. The maximum atomic E-state index is 13.0. The standard InChI is InChI=1S/C22H25N5O3/c1-26-8-3-5-19(26)17-13-18(25-24-17)22(28)27-9-2-4-16(14-27)23-15-6-7-20-21(12-15)30-11-10-29-20/h3,5-8,12-13,16,23H,2,4,9-11,14H2,1H3,(H,24,25). The number of piperidine rings is 1. The van der Waals surface area contributed by atoms with Gasteiger partial charge in [-0.15, -0.1) is 0 Å². The van der Waals surface area contributed by atoms with Crippen LogP contribution in [0.5, 0.6) is 11.5 Å². The monoisotopic (exact) mass is 407 g/mol. The van der Waals surface area contributed by atoms with E-state index in [0.717, 1.165) is 48.0 Å². The molecular weight excluding hydrogens is 382 g/mol. The molecule has 0 spiro atoms. The van der Waals surface area contributed by atoms with E-state index >= 15 is 0 Å². The number of aromatic amines is 1. The van der Waals surface area contributed by atoms with Crippen LogP contribution < -0.4 is 14.8 Å². The summed E-state index contributed by atoms with van der Waals surface area (Å²) in [4.78, 5) is 14.9. The summed E-state index contributed by atoms with van der Waals surface area (Å²) in [5, 5.41) is 10.8. The zero-order valence-corrected chi connectivity index (χ0v) is 16.9. The smallest absolute Gasteiger partial charge is 0.271 e. The average molecular weight is 407 g/mol. The molecule has 2 N–H and O–H groups in total. The van der Waals surface area contributed by atoms with Crippen molar-refractivity contribution in [3.8, 4) is 22.9 Å². The lowest BCUT2D eigenvalue weighted by atomic mass is 10.0. The average Bonchev–Trinajstić information content (AvgIpc) is 3.42. The van der Waals surface area contributed by atoms with Crippen molar-refractivity contribution in [3.63, 3.8) is 0 Å². The molecule has 3 aromatic rings. The molecule has 1 amide bonds. The van der Waals surface area contributed by atoms with E-state index in [0.29, 0.717) is 25.5 Å². The van der Waals surface area contributed by atoms with Crippen LogP contribution in [0.1, 0.15) is 23.3 Å². The predicted molar refractivity (Wildman–Crippen MR) is 113 cm³/mol. The first-order valence-corrected chi connectivity index (χ1v) is 10.3. The molecule has 0 saturated carbocycles. The van der Waals surface area contributed by atoms with Gasteiger partial charge in [0.1, 0.15) is 24.6 Å². The minimum absolute atomic E-state index is 0.0170. The number of anilines is 1. The number of rotatable bonds is 4. The lowest BCUT2D eigenvalue weighted by Gasteiger charge is -2.33. The SMILES string of the molecule is Cn1cccc1-c1cc(C(=O)N2CCCC(Nc3ccc4c(c3)OCCO4)C2)[nH]n1. The van der Waals surface area contributed by atoms with E-state index < -0.39 is 0 Å². The fraction of sp³-hybridized carbons (Fsp3) is 0.364. The van der Waals surface area contributed by atoms with Crippen molar-refractivity contribution < 1.29 is 14.3 Å². The third-order valence-electron chi connectivity index (χ3n) is 5.64. The molecule has 8 heteroatoms. The number of aryl methyl sites for hydroxylation is 1. The van der Waals surface area contributed by atoms with Crippen LogP contribution in [0, 0.1) is 0 Å². The summed E-state index contributed by atoms with van der Waals surface area (Å²) in [5.74, 6) is 1.53. The maximum absolute atomic E-state index is 13.0. The van der Waals surface area contributed by atoms with Crippen molar-refractivity contribution in [1.82, 2.24) is 19.7 Å². The van der Waals surface area contributed by atoms with Gasteiger partial charge in [0.05, 0.1) is 5.69 Å². The lowest BCUT2D eigenvalue weighted by molar-refractivity contribution is 0.0709. The Morgan fingerprint density at radius 1 is 1.20 bits per heavy atom. The van der Waals surface area contributed by atoms with Gasteiger partial charge in [0, 0.05) is 44.1 Å². The van der Waals surface area contributed by atoms with Gasteiger partial charge in [-0.2, -0.15) is 5.10 Å². The van der Waals surface area contributed by atoms with Gasteiger partial charge in [0.15, 0.2) is 11.5 Å². The Bertz CT molecular complexity index is 1060. The van der Waals surface area contributed by atoms with Crippen LogP contribution in [0.25, 0.3) is 11.4 Å². The second-order valence-corrected chi connectivity index (χ2v) is 7.76. The molecule has 1 aromatic carbocycles. The van der Waals surface area contributed by atoms with Crippen molar-refractivity contribution in [2.24, 2.45) is 7.05 Å². The van der Waals surface area contributed by atoms with E-state index in [1.807, 2.05) is 59.1 Å². The molecule has 156 valence electrons. The van der Waals surface area contributed by atoms with E-state index in [-0.39, 0.29) is 11.9 Å². The molecule has 1 fully saturated rings. The Balaban J connectivity index is 1.26. The molecule has 1 atom stereocenters. The first-order chi connectivity index (χ1) is 14.7. The highest BCUT2D eigenvalue weighted by atomic mass is 16.6. The third kappa shape index (κ3) is 3.60. The Morgan fingerprint density at radius 3 is 2.90 bits per heavy atom. The third-order valence-corrected chi connectivity index (χ3v) is 5.64. The fourth-order valence-electron chi connectivity index (χ4n) is 4.11. The number of nitrogens with zero attached hydrogens (tertiary/aromatic N) is 3. The maximum Gasteiger partial charge on any atom is 0.271 e. The molecule has 5 rings (SSSR count). The minimum atomic E-state index is -0.0170. The number of hydrogen-bond acceptors (Lipinski definition) is 5. The van der Waals surface area contributed by atoms with Gasteiger partial charge < -0.3 is 24.3 Å². The number of nitrogens with one attached hydrogen (secondary N) is 2. The highest BCUT2D eigenvalue weighted by Gasteiger charge is 2.26. The first-order valence-electron chi connectivity index (χ1n) is 10.3. The lowest BCUT2D eigenvalue weighted by Crippen LogP contribution is -2.45. The molecule has 2 aliphatic rings. The van der Waals surface area contributed by atoms with Gasteiger partial charge in [-0.1, -0.05) is 0 Å². The van der Waals surface area contributed by atoms with E-state index in [2.05, 4.69) is 15.5 Å². The quantitative estimate of drug-likeness (QED) is 0.695. The van der Waals surface area contributed by atoms with Crippen molar-refractivity contribution in [1.29, 1.82) is 0 Å². The number of amides is 1. The Hall–Kier alpha value is -3.42. The molecule has 2 aliphatic heterocycles. The Kier molecular flexibility index (Phi) is 4.82. The number of aromatic nitrogens is 3. The zero-order valence-electron chi connectivity index (χ0n) is 16.9. The van der Waals surface area contributed by atoms with Crippen LogP contribution in [0.3, 0.4) is 0 Å². The summed E-state index contributed by atoms with van der Waals surface area (Å²) in [6.07, 6.45) is 3.92. The van der Waals surface area contributed by atoms with E-state index in [4.69, 9.17) is 9.47 Å². The number of benzene rings is 1. The molecular formula is C22H25N5O3. The van der Waals surface area contributed by atoms with Crippen molar-refractivity contribution >= 4 is 11.6 Å². The van der Waals surface area contributed by atoms with Gasteiger partial charge in [-0.25, -0.2) is 0 Å². The summed E-state index contributed by atoms with van der Waals surface area (Å²) >= 11 is 0. The second-order valence-electron chi connectivity index (χ2n) is 7.76. The van der Waals surface area contributed by atoms with Gasteiger partial charge in [-0.3, -0.25) is 9.89 Å². The summed E-state index contributed by atoms with van der Waals surface area (Å²) < 4.78 is 13.2. The summed E-state index contributed by atoms with van der Waals surface area (Å²) in [5.41, 5.74) is 3.24. The summed E-state index contributed by atoms with van der Waals surface area (Å²) in [6.45, 7) is 2.54. The highest BCUT2D eigenvalue weighted by Crippen LogP contribution is 2.33. The van der Waals surface area contributed by atoms with Gasteiger partial charge >= 0.3 is 0 Å². The number of likely N-dealkylation sites (tertiary alicyclic amines) is 1. The van der Waals surface area contributed by atoms with Crippen molar-refractivity contribution in [2.75, 3.05) is 31.6 Å². The Labute approximate surface area is 174 Å². The van der Waals surface area contributed by atoms with Crippen molar-refractivity contribution in [3.05, 3.63) is 48.3 Å². The van der Waals surface area contributed by atoms with Crippen LogP contribution >= 0.6 is 0 Å². The largest absolute Gasteiger partial charge is 0.486 e. The fourth-order valence-corrected chi connectivity index (χ4v) is 4.11. The molecule has 1 saturated heterocycles. The molecule has 0 aliphatic carbocycles. The minimum Gasteiger partial charge on any atom is -0.486 e. The van der Waals surface area contributed by atoms with Crippen LogP contribution in [-0.4, -0.2) is 57.9 Å². The number of carbonyl (C=O) groups excluding carboxylic acids is 1. The second kappa shape index (κ2) is 7.78. The van der Waals surface area contributed by atoms with E-state index in [1.165, 1.54) is 0 Å². The molecule has 0 radical (unpaired) electrons. The molecule has 1 unspecified atom stereocenters. The van der Waals surface area contributed by atoms with Gasteiger partial charge in [-0.05, 0) is 43.2 Å². The van der Waals surface area contributed by atoms with Crippen LogP contribution in [0.15, 0.2) is 42.6 Å². The normalized spacial score (nSPS) is 18.3. The number of fused-ring (bicyclic) bond motifs is 1. The molecule has 30 heavy (non-hydrogen) atoms. The van der Waals surface area contributed by atoms with Gasteiger partial charge in [0.25, 0.3) is 5.91 Å². The van der Waals surface area contributed by atoms with Crippen molar-refractivity contribution in [2.45, 2.75) is 18.9 Å². The molecule has 4 heterocycles. The van der Waals surface area contributed by atoms with Crippen LogP contribution in [0.2, 0.25) is 0 Å². The van der Waals surface area contributed by atoms with Gasteiger partial charge in [0.2, 0.25) is 0 Å². The van der Waals surface area contributed by atoms with E-state index in [1.54, 1.807) is 0 Å². The van der Waals surface area contributed by atoms with E-state index in [9.17, 15) is 4.79 Å². The number of carbonyl (C=O) groups is 1. The highest BCUT2D eigenvalue weighted by molar-refractivity contribution is 5.93. The molecule has 8 nitrogen and oxygen atoms in total. The summed E-state index contributed by atoms with van der Waals surface area (Å²) in [6, 6.07) is 11.8. The zero-order chi connectivity index (χ0) is 20.5.